The molecule has 144 valence electrons. The fourth-order valence-corrected chi connectivity index (χ4v) is 3.70. The molecule has 0 saturated carbocycles. The minimum Gasteiger partial charge on any atom is -0.460 e. The van der Waals surface area contributed by atoms with Crippen molar-refractivity contribution in [3.05, 3.63) is 73.9 Å². The van der Waals surface area contributed by atoms with Gasteiger partial charge in [-0.25, -0.2) is 4.98 Å². The van der Waals surface area contributed by atoms with Crippen molar-refractivity contribution in [2.75, 3.05) is 12.8 Å². The van der Waals surface area contributed by atoms with Gasteiger partial charge < -0.3 is 9.40 Å². The number of nitro groups is 1. The Morgan fingerprint density at radius 2 is 2.21 bits per heavy atom. The number of hydrogen-bond donors (Lipinski definition) is 1. The lowest BCUT2D eigenvalue weighted by Crippen LogP contribution is -2.35. The number of benzene rings is 1. The predicted octanol–water partition coefficient (Wildman–Crippen LogP) is 3.22. The first-order chi connectivity index (χ1) is 13.5. The van der Waals surface area contributed by atoms with E-state index in [1.807, 2.05) is 18.4 Å². The van der Waals surface area contributed by atoms with Crippen LogP contribution in [0.4, 0.5) is 5.69 Å². The molecule has 1 aliphatic rings. The average molecular weight is 398 g/mol. The Bertz CT molecular complexity index is 1090. The van der Waals surface area contributed by atoms with Gasteiger partial charge in [-0.3, -0.25) is 19.8 Å². The van der Waals surface area contributed by atoms with Gasteiger partial charge >= 0.3 is 0 Å². The summed E-state index contributed by atoms with van der Waals surface area (Å²) in [5.74, 6) is 1.33. The third-order valence-corrected chi connectivity index (χ3v) is 5.28. The average Bonchev–Trinajstić information content (AvgIpc) is 3.17. The van der Waals surface area contributed by atoms with Gasteiger partial charge in [-0.1, -0.05) is 23.9 Å². The van der Waals surface area contributed by atoms with E-state index in [2.05, 4.69) is 14.9 Å². The lowest BCUT2D eigenvalue weighted by molar-refractivity contribution is -0.384. The summed E-state index contributed by atoms with van der Waals surface area (Å²) in [6.07, 6.45) is 2.60. The number of rotatable bonds is 5. The van der Waals surface area contributed by atoms with Crippen LogP contribution in [-0.2, 0) is 19.5 Å². The monoisotopic (exact) mass is 398 g/mol. The third-order valence-electron chi connectivity index (χ3n) is 4.70. The van der Waals surface area contributed by atoms with Crippen molar-refractivity contribution in [1.82, 2.24) is 14.9 Å². The van der Waals surface area contributed by atoms with E-state index in [-0.39, 0.29) is 11.2 Å². The number of hydrogen-bond acceptors (Lipinski definition) is 7. The molecule has 0 atom stereocenters. The number of nitro benzene ring substituents is 1. The maximum Gasteiger partial charge on any atom is 0.270 e. The van der Waals surface area contributed by atoms with Gasteiger partial charge in [-0.2, -0.15) is 0 Å². The van der Waals surface area contributed by atoms with Crippen molar-refractivity contribution in [3.63, 3.8) is 0 Å². The second-order valence-electron chi connectivity index (χ2n) is 6.53. The molecule has 8 nitrogen and oxygen atoms in total. The van der Waals surface area contributed by atoms with Gasteiger partial charge in [0.05, 0.1) is 22.7 Å². The normalized spacial score (nSPS) is 14.0. The number of aromatic nitrogens is 2. The van der Waals surface area contributed by atoms with Crippen LogP contribution >= 0.6 is 11.8 Å². The van der Waals surface area contributed by atoms with E-state index >= 15 is 0 Å². The molecule has 3 aromatic rings. The van der Waals surface area contributed by atoms with Crippen LogP contribution in [0, 0.1) is 10.1 Å². The number of thioether (sulfide) groups is 1. The molecular formula is C19H18N4O4S. The van der Waals surface area contributed by atoms with Crippen LogP contribution in [0.5, 0.6) is 0 Å². The fourth-order valence-electron chi connectivity index (χ4n) is 3.30. The molecule has 0 amide bonds. The summed E-state index contributed by atoms with van der Waals surface area (Å²) in [4.78, 5) is 32.3. The number of fused-ring (bicyclic) bond motifs is 1. The Hall–Kier alpha value is -2.91. The Labute approximate surface area is 164 Å². The second kappa shape index (κ2) is 7.61. The van der Waals surface area contributed by atoms with Crippen LogP contribution in [0.2, 0.25) is 0 Å². The zero-order valence-corrected chi connectivity index (χ0v) is 16.0. The van der Waals surface area contributed by atoms with E-state index in [4.69, 9.17) is 4.42 Å². The Kier molecular flexibility index (Phi) is 5.01. The van der Waals surface area contributed by atoms with Crippen molar-refractivity contribution in [2.45, 2.75) is 24.7 Å². The van der Waals surface area contributed by atoms with Crippen LogP contribution in [-0.4, -0.2) is 32.6 Å². The lowest BCUT2D eigenvalue weighted by atomic mass is 10.1. The molecule has 0 aliphatic carbocycles. The number of aromatic amines is 1. The molecule has 1 aromatic carbocycles. The molecule has 1 aliphatic heterocycles. The molecule has 28 heavy (non-hydrogen) atoms. The van der Waals surface area contributed by atoms with Crippen LogP contribution in [0.25, 0.3) is 11.3 Å². The van der Waals surface area contributed by atoms with E-state index in [1.165, 1.54) is 23.9 Å². The zero-order chi connectivity index (χ0) is 19.7. The second-order valence-corrected chi connectivity index (χ2v) is 7.33. The van der Waals surface area contributed by atoms with E-state index in [1.54, 1.807) is 12.1 Å². The summed E-state index contributed by atoms with van der Waals surface area (Å²) in [6.45, 7) is 1.85. The molecule has 2 aromatic heterocycles. The van der Waals surface area contributed by atoms with Gasteiger partial charge in [0.1, 0.15) is 11.5 Å². The SMILES string of the molecule is CSc1nc2c(c(=O)[nH]1)CN(Cc1ccc(-c3cccc([N+](=O)[O-])c3)o1)CC2. The largest absolute Gasteiger partial charge is 0.460 e. The van der Waals surface area contributed by atoms with Crippen LogP contribution in [0.1, 0.15) is 17.0 Å². The number of H-pyrrole nitrogens is 1. The predicted molar refractivity (Wildman–Crippen MR) is 105 cm³/mol. The standard InChI is InChI=1S/C19H18N4O4S/c1-28-19-20-16-7-8-22(11-15(16)18(24)21-19)10-14-5-6-17(27-14)12-3-2-4-13(9-12)23(25)26/h2-6,9H,7-8,10-11H2,1H3,(H,20,21,24). The molecular weight excluding hydrogens is 380 g/mol. The minimum absolute atomic E-state index is 0.0272. The number of nitrogens with one attached hydrogen (secondary N) is 1. The zero-order valence-electron chi connectivity index (χ0n) is 15.2. The summed E-state index contributed by atoms with van der Waals surface area (Å²) in [7, 11) is 0. The summed E-state index contributed by atoms with van der Waals surface area (Å²) in [6, 6.07) is 10.0. The quantitative estimate of drug-likeness (QED) is 0.304. The Morgan fingerprint density at radius 3 is 3.00 bits per heavy atom. The first kappa shape index (κ1) is 18.5. The van der Waals surface area contributed by atoms with E-state index in [9.17, 15) is 14.9 Å². The highest BCUT2D eigenvalue weighted by Crippen LogP contribution is 2.27. The maximum atomic E-state index is 12.3. The van der Waals surface area contributed by atoms with Crippen molar-refractivity contribution < 1.29 is 9.34 Å². The minimum atomic E-state index is -0.424. The molecule has 3 heterocycles. The lowest BCUT2D eigenvalue weighted by Gasteiger charge is -2.26. The molecule has 0 radical (unpaired) electrons. The molecule has 0 spiro atoms. The molecule has 0 bridgehead atoms. The van der Waals surface area contributed by atoms with Gasteiger partial charge in [0.25, 0.3) is 11.2 Å². The summed E-state index contributed by atoms with van der Waals surface area (Å²) in [5, 5.41) is 11.6. The molecule has 1 N–H and O–H groups in total. The van der Waals surface area contributed by atoms with Crippen molar-refractivity contribution in [3.8, 4) is 11.3 Å². The van der Waals surface area contributed by atoms with Gasteiger partial charge in [-0.05, 0) is 18.4 Å². The topological polar surface area (TPSA) is 105 Å². The van der Waals surface area contributed by atoms with Crippen LogP contribution < -0.4 is 5.56 Å². The van der Waals surface area contributed by atoms with Crippen molar-refractivity contribution in [1.29, 1.82) is 0 Å². The van der Waals surface area contributed by atoms with Gasteiger partial charge in [-0.15, -0.1) is 0 Å². The van der Waals surface area contributed by atoms with Gasteiger partial charge in [0.2, 0.25) is 0 Å². The maximum absolute atomic E-state index is 12.3. The van der Waals surface area contributed by atoms with Crippen molar-refractivity contribution >= 4 is 17.4 Å². The molecule has 9 heteroatoms. The molecule has 0 saturated heterocycles. The van der Waals surface area contributed by atoms with Gasteiger partial charge in [0.15, 0.2) is 5.16 Å². The van der Waals surface area contributed by atoms with E-state index in [0.717, 1.165) is 18.0 Å². The first-order valence-corrected chi connectivity index (χ1v) is 9.98. The molecule has 0 fully saturated rings. The summed E-state index contributed by atoms with van der Waals surface area (Å²) >= 11 is 1.43. The number of furan rings is 1. The highest BCUT2D eigenvalue weighted by molar-refractivity contribution is 7.98. The fraction of sp³-hybridized carbons (Fsp3) is 0.263. The summed E-state index contributed by atoms with van der Waals surface area (Å²) < 4.78 is 5.89. The van der Waals surface area contributed by atoms with E-state index < -0.39 is 4.92 Å². The van der Waals surface area contributed by atoms with Crippen molar-refractivity contribution in [2.24, 2.45) is 0 Å². The number of non-ortho nitro benzene ring substituents is 1. The Balaban J connectivity index is 1.50. The smallest absolute Gasteiger partial charge is 0.270 e. The van der Waals surface area contributed by atoms with E-state index in [0.29, 0.717) is 41.6 Å². The first-order valence-electron chi connectivity index (χ1n) is 8.75. The molecule has 4 rings (SSSR count). The Morgan fingerprint density at radius 1 is 1.36 bits per heavy atom. The third kappa shape index (κ3) is 3.71. The number of nitrogens with zero attached hydrogens (tertiary/aromatic N) is 3. The molecule has 0 unspecified atom stereocenters. The highest BCUT2D eigenvalue weighted by atomic mass is 32.2. The highest BCUT2D eigenvalue weighted by Gasteiger charge is 2.22. The van der Waals surface area contributed by atoms with Crippen LogP contribution in [0.3, 0.4) is 0 Å². The van der Waals surface area contributed by atoms with Gasteiger partial charge in [0, 0.05) is 37.2 Å². The van der Waals surface area contributed by atoms with Crippen LogP contribution in [0.15, 0.2) is 50.8 Å². The summed E-state index contributed by atoms with van der Waals surface area (Å²) in [5.41, 5.74) is 2.17.